The summed E-state index contributed by atoms with van der Waals surface area (Å²) in [4.78, 5) is 35.5. The van der Waals surface area contributed by atoms with Crippen molar-refractivity contribution in [1.82, 2.24) is 9.97 Å². The molecule has 0 atom stereocenters. The van der Waals surface area contributed by atoms with E-state index in [1.807, 2.05) is 50.2 Å². The summed E-state index contributed by atoms with van der Waals surface area (Å²) >= 11 is 6.39. The summed E-state index contributed by atoms with van der Waals surface area (Å²) in [7, 11) is 1.62. The third-order valence-corrected chi connectivity index (χ3v) is 6.26. The molecule has 1 fully saturated rings. The highest BCUT2D eigenvalue weighted by Crippen LogP contribution is 2.35. The second kappa shape index (κ2) is 11.0. The third-order valence-electron chi connectivity index (χ3n) is 6.00. The molecule has 188 valence electrons. The van der Waals surface area contributed by atoms with E-state index < -0.39 is 5.97 Å². The van der Waals surface area contributed by atoms with E-state index in [-0.39, 0.29) is 16.8 Å². The van der Waals surface area contributed by atoms with Gasteiger partial charge in [0.05, 0.1) is 7.11 Å². The van der Waals surface area contributed by atoms with Crippen molar-refractivity contribution in [1.29, 1.82) is 0 Å². The molecule has 0 saturated carbocycles. The molecule has 0 spiro atoms. The van der Waals surface area contributed by atoms with Crippen LogP contribution in [0.3, 0.4) is 0 Å². The standard InChI is InChI=1S/C27H29ClN4O4/c1-16-13-20(14-17(2)23(16)35-4)27(34)29-21-9-7-19(8-10-21)15-22-30-25(28)24(36-18(3)33)26(31-22)32-11-5-6-12-32/h7-10,13-14H,5-6,11-12,15H2,1-4H3,(H,29,34). The first-order valence-electron chi connectivity index (χ1n) is 11.8. The van der Waals surface area contributed by atoms with E-state index in [1.165, 1.54) is 6.92 Å². The van der Waals surface area contributed by atoms with Gasteiger partial charge in [0, 0.05) is 37.7 Å². The zero-order chi connectivity index (χ0) is 25.8. The van der Waals surface area contributed by atoms with E-state index in [4.69, 9.17) is 21.1 Å². The van der Waals surface area contributed by atoms with Gasteiger partial charge in [-0.25, -0.2) is 9.97 Å². The molecule has 1 amide bonds. The van der Waals surface area contributed by atoms with E-state index in [1.54, 1.807) is 7.11 Å². The fourth-order valence-electron chi connectivity index (χ4n) is 4.40. The van der Waals surface area contributed by atoms with Crippen molar-refractivity contribution in [2.45, 2.75) is 40.0 Å². The van der Waals surface area contributed by atoms with Gasteiger partial charge in [-0.1, -0.05) is 23.7 Å². The number of carbonyl (C=O) groups excluding carboxylic acids is 2. The summed E-state index contributed by atoms with van der Waals surface area (Å²) in [6.45, 7) is 6.81. The van der Waals surface area contributed by atoms with Gasteiger partial charge in [-0.05, 0) is 67.6 Å². The number of ether oxygens (including phenoxy) is 2. The van der Waals surface area contributed by atoms with Crippen molar-refractivity contribution < 1.29 is 19.1 Å². The van der Waals surface area contributed by atoms with Crippen LogP contribution in [0.25, 0.3) is 0 Å². The Morgan fingerprint density at radius 1 is 1.03 bits per heavy atom. The predicted molar refractivity (Wildman–Crippen MR) is 139 cm³/mol. The lowest BCUT2D eigenvalue weighted by atomic mass is 10.0. The Labute approximate surface area is 215 Å². The second-order valence-corrected chi connectivity index (χ2v) is 9.20. The number of rotatable bonds is 7. The molecule has 36 heavy (non-hydrogen) atoms. The molecule has 0 bridgehead atoms. The van der Waals surface area contributed by atoms with Crippen molar-refractivity contribution in [3.8, 4) is 11.5 Å². The molecule has 0 unspecified atom stereocenters. The molecule has 1 saturated heterocycles. The maximum absolute atomic E-state index is 12.8. The highest BCUT2D eigenvalue weighted by molar-refractivity contribution is 6.31. The van der Waals surface area contributed by atoms with E-state index in [0.29, 0.717) is 29.3 Å². The highest BCUT2D eigenvalue weighted by Gasteiger charge is 2.24. The van der Waals surface area contributed by atoms with Crippen LogP contribution in [0.2, 0.25) is 5.15 Å². The molecule has 0 aliphatic carbocycles. The van der Waals surface area contributed by atoms with Crippen LogP contribution >= 0.6 is 11.6 Å². The average molecular weight is 509 g/mol. The van der Waals surface area contributed by atoms with Crippen LogP contribution in [-0.4, -0.2) is 42.0 Å². The highest BCUT2D eigenvalue weighted by atomic mass is 35.5. The van der Waals surface area contributed by atoms with Crippen molar-refractivity contribution in [2.75, 3.05) is 30.4 Å². The van der Waals surface area contributed by atoms with Gasteiger partial charge in [0.2, 0.25) is 5.75 Å². The lowest BCUT2D eigenvalue weighted by Gasteiger charge is -2.20. The number of halogens is 1. The van der Waals surface area contributed by atoms with Crippen LogP contribution < -0.4 is 19.7 Å². The van der Waals surface area contributed by atoms with Crippen LogP contribution in [0.1, 0.15) is 52.6 Å². The number of esters is 1. The zero-order valence-corrected chi connectivity index (χ0v) is 21.6. The molecule has 2 heterocycles. The van der Waals surface area contributed by atoms with Crippen molar-refractivity contribution >= 4 is 35.0 Å². The van der Waals surface area contributed by atoms with Gasteiger partial charge in [-0.15, -0.1) is 0 Å². The van der Waals surface area contributed by atoms with Crippen LogP contribution in [0.4, 0.5) is 11.5 Å². The Morgan fingerprint density at radius 3 is 2.25 bits per heavy atom. The fourth-order valence-corrected chi connectivity index (χ4v) is 4.62. The first kappa shape index (κ1) is 25.4. The molecular weight excluding hydrogens is 480 g/mol. The molecule has 2 aromatic carbocycles. The Bertz CT molecular complexity index is 1260. The number of benzene rings is 2. The summed E-state index contributed by atoms with van der Waals surface area (Å²) in [5, 5.41) is 3.05. The van der Waals surface area contributed by atoms with Crippen molar-refractivity contribution in [3.63, 3.8) is 0 Å². The number of carbonyl (C=O) groups is 2. The predicted octanol–water partition coefficient (Wildman–Crippen LogP) is 5.12. The van der Waals surface area contributed by atoms with E-state index in [9.17, 15) is 9.59 Å². The number of hydrogen-bond acceptors (Lipinski definition) is 7. The van der Waals surface area contributed by atoms with Gasteiger partial charge in [-0.2, -0.15) is 0 Å². The summed E-state index contributed by atoms with van der Waals surface area (Å²) in [5.41, 5.74) is 4.01. The van der Waals surface area contributed by atoms with Gasteiger partial charge in [-0.3, -0.25) is 9.59 Å². The number of nitrogens with zero attached hydrogens (tertiary/aromatic N) is 3. The molecule has 0 radical (unpaired) electrons. The SMILES string of the molecule is COc1c(C)cc(C(=O)Nc2ccc(Cc3nc(Cl)c(OC(C)=O)c(N4CCCC4)n3)cc2)cc1C. The Morgan fingerprint density at radius 2 is 1.67 bits per heavy atom. The minimum absolute atomic E-state index is 0.117. The molecule has 8 nitrogen and oxygen atoms in total. The Balaban J connectivity index is 1.49. The normalized spacial score (nSPS) is 13.0. The Kier molecular flexibility index (Phi) is 7.74. The second-order valence-electron chi connectivity index (χ2n) is 8.84. The lowest BCUT2D eigenvalue weighted by molar-refractivity contribution is -0.131. The van der Waals surface area contributed by atoms with Crippen LogP contribution in [0, 0.1) is 13.8 Å². The molecule has 1 aromatic heterocycles. The zero-order valence-electron chi connectivity index (χ0n) is 20.9. The number of hydrogen-bond donors (Lipinski definition) is 1. The number of anilines is 2. The topological polar surface area (TPSA) is 93.7 Å². The fraction of sp³-hybridized carbons (Fsp3) is 0.333. The van der Waals surface area contributed by atoms with Gasteiger partial charge in [0.15, 0.2) is 11.0 Å². The van der Waals surface area contributed by atoms with Crippen LogP contribution in [-0.2, 0) is 11.2 Å². The monoisotopic (exact) mass is 508 g/mol. The lowest BCUT2D eigenvalue weighted by Crippen LogP contribution is -2.22. The number of methoxy groups -OCH3 is 1. The van der Waals surface area contributed by atoms with E-state index in [2.05, 4.69) is 20.2 Å². The summed E-state index contributed by atoms with van der Waals surface area (Å²) in [5.74, 6) is 1.41. The molecular formula is C27H29ClN4O4. The summed E-state index contributed by atoms with van der Waals surface area (Å²) in [6.07, 6.45) is 2.52. The minimum Gasteiger partial charge on any atom is -0.496 e. The first-order chi connectivity index (χ1) is 17.2. The average Bonchev–Trinajstić information content (AvgIpc) is 3.36. The summed E-state index contributed by atoms with van der Waals surface area (Å²) in [6, 6.07) is 11.1. The maximum atomic E-state index is 12.8. The van der Waals surface area contributed by atoms with Gasteiger partial charge in [0.25, 0.3) is 5.91 Å². The Hall–Kier alpha value is -3.65. The first-order valence-corrected chi connectivity index (χ1v) is 12.2. The van der Waals surface area contributed by atoms with Gasteiger partial charge >= 0.3 is 5.97 Å². The van der Waals surface area contributed by atoms with E-state index >= 15 is 0 Å². The quantitative estimate of drug-likeness (QED) is 0.349. The number of amides is 1. The minimum atomic E-state index is -0.466. The van der Waals surface area contributed by atoms with Crippen LogP contribution in [0.5, 0.6) is 11.5 Å². The number of aryl methyl sites for hydroxylation is 2. The van der Waals surface area contributed by atoms with Gasteiger partial charge < -0.3 is 19.7 Å². The van der Waals surface area contributed by atoms with Crippen molar-refractivity contribution in [3.05, 3.63) is 69.6 Å². The molecule has 9 heteroatoms. The van der Waals surface area contributed by atoms with Crippen LogP contribution in [0.15, 0.2) is 36.4 Å². The summed E-state index contributed by atoms with van der Waals surface area (Å²) < 4.78 is 10.7. The largest absolute Gasteiger partial charge is 0.496 e. The maximum Gasteiger partial charge on any atom is 0.308 e. The molecule has 1 N–H and O–H groups in total. The number of aromatic nitrogens is 2. The van der Waals surface area contributed by atoms with E-state index in [0.717, 1.165) is 48.4 Å². The molecule has 3 aromatic rings. The number of nitrogens with one attached hydrogen (secondary N) is 1. The molecule has 1 aliphatic heterocycles. The van der Waals surface area contributed by atoms with Crippen molar-refractivity contribution in [2.24, 2.45) is 0 Å². The smallest absolute Gasteiger partial charge is 0.308 e. The molecule has 1 aliphatic rings. The van der Waals surface area contributed by atoms with Gasteiger partial charge in [0.1, 0.15) is 11.6 Å². The molecule has 4 rings (SSSR count). The third kappa shape index (κ3) is 5.76.